The van der Waals surface area contributed by atoms with Crippen LogP contribution in [0.3, 0.4) is 0 Å². The Kier molecular flexibility index (Phi) is 3.94. The maximum absolute atomic E-state index is 9.74. The van der Waals surface area contributed by atoms with E-state index in [0.717, 1.165) is 0 Å². The third-order valence-electron chi connectivity index (χ3n) is 2.21. The van der Waals surface area contributed by atoms with Crippen LogP contribution in [0.5, 0.6) is 11.5 Å². The van der Waals surface area contributed by atoms with Crippen molar-refractivity contribution in [2.45, 2.75) is 19.1 Å². The lowest BCUT2D eigenvalue weighted by molar-refractivity contribution is 0.0289. The molecule has 4 heteroatoms. The second kappa shape index (κ2) is 5.00. The van der Waals surface area contributed by atoms with E-state index >= 15 is 0 Å². The molecule has 0 bridgehead atoms. The zero-order valence-corrected chi connectivity index (χ0v) is 9.10. The molecule has 0 unspecified atom stereocenters. The summed E-state index contributed by atoms with van der Waals surface area (Å²) in [5, 5.41) is 19.1. The average molecular weight is 212 g/mol. The molecule has 0 fully saturated rings. The number of ether oxygens (including phenoxy) is 2. The fourth-order valence-corrected chi connectivity index (χ4v) is 1.33. The summed E-state index contributed by atoms with van der Waals surface area (Å²) in [5.41, 5.74) is 0.520. The van der Waals surface area contributed by atoms with Crippen LogP contribution in [0.1, 0.15) is 18.6 Å². The molecule has 2 atom stereocenters. The van der Waals surface area contributed by atoms with Crippen molar-refractivity contribution in [2.24, 2.45) is 0 Å². The van der Waals surface area contributed by atoms with Gasteiger partial charge in [0.05, 0.1) is 20.3 Å². The van der Waals surface area contributed by atoms with Gasteiger partial charge in [0.25, 0.3) is 0 Å². The van der Waals surface area contributed by atoms with Crippen LogP contribution in [0.2, 0.25) is 0 Å². The maximum Gasteiger partial charge on any atom is 0.125 e. The lowest BCUT2D eigenvalue weighted by Gasteiger charge is -2.17. The van der Waals surface area contributed by atoms with E-state index in [2.05, 4.69) is 0 Å². The van der Waals surface area contributed by atoms with Crippen molar-refractivity contribution in [1.82, 2.24) is 0 Å². The monoisotopic (exact) mass is 212 g/mol. The van der Waals surface area contributed by atoms with E-state index in [1.165, 1.54) is 14.0 Å². The summed E-state index contributed by atoms with van der Waals surface area (Å²) in [6.45, 7) is 1.52. The highest BCUT2D eigenvalue weighted by Crippen LogP contribution is 2.30. The average Bonchev–Trinajstić information content (AvgIpc) is 2.27. The summed E-state index contributed by atoms with van der Waals surface area (Å²) >= 11 is 0. The Morgan fingerprint density at radius 2 is 1.80 bits per heavy atom. The normalized spacial score (nSPS) is 14.5. The summed E-state index contributed by atoms with van der Waals surface area (Å²) in [7, 11) is 3.06. The van der Waals surface area contributed by atoms with E-state index in [9.17, 15) is 10.2 Å². The van der Waals surface area contributed by atoms with E-state index < -0.39 is 12.2 Å². The van der Waals surface area contributed by atoms with Gasteiger partial charge in [-0.3, -0.25) is 0 Å². The first kappa shape index (κ1) is 11.8. The molecule has 0 aliphatic carbocycles. The molecule has 0 heterocycles. The fraction of sp³-hybridized carbons (Fsp3) is 0.455. The van der Waals surface area contributed by atoms with E-state index in [0.29, 0.717) is 17.1 Å². The SMILES string of the molecule is COc1ccc(OC)c([C@@H](O)[C@@H](C)O)c1. The molecule has 2 N–H and O–H groups in total. The van der Waals surface area contributed by atoms with Crippen LogP contribution in [0.15, 0.2) is 18.2 Å². The molecule has 0 saturated carbocycles. The highest BCUT2D eigenvalue weighted by molar-refractivity contribution is 5.41. The summed E-state index contributed by atoms with van der Waals surface area (Å²) in [5.74, 6) is 1.15. The van der Waals surface area contributed by atoms with Gasteiger partial charge in [-0.1, -0.05) is 0 Å². The zero-order chi connectivity index (χ0) is 11.4. The van der Waals surface area contributed by atoms with Crippen LogP contribution >= 0.6 is 0 Å². The number of aliphatic hydroxyl groups is 2. The van der Waals surface area contributed by atoms with Crippen molar-refractivity contribution in [3.63, 3.8) is 0 Å². The molecule has 0 spiro atoms. The van der Waals surface area contributed by atoms with Crippen LogP contribution in [0, 0.1) is 0 Å². The number of hydrogen-bond acceptors (Lipinski definition) is 4. The van der Waals surface area contributed by atoms with Gasteiger partial charge in [0.1, 0.15) is 17.6 Å². The molecule has 1 aromatic carbocycles. The minimum absolute atomic E-state index is 0.520. The van der Waals surface area contributed by atoms with Crippen molar-refractivity contribution in [2.75, 3.05) is 14.2 Å². The number of methoxy groups -OCH3 is 2. The van der Waals surface area contributed by atoms with E-state index in [4.69, 9.17) is 9.47 Å². The van der Waals surface area contributed by atoms with Crippen LogP contribution in [-0.4, -0.2) is 30.5 Å². The molecule has 0 saturated heterocycles. The fourth-order valence-electron chi connectivity index (χ4n) is 1.33. The minimum atomic E-state index is -0.977. The minimum Gasteiger partial charge on any atom is -0.497 e. The smallest absolute Gasteiger partial charge is 0.125 e. The Labute approximate surface area is 89.1 Å². The van der Waals surface area contributed by atoms with Gasteiger partial charge in [-0.05, 0) is 25.1 Å². The number of hydrogen-bond donors (Lipinski definition) is 2. The zero-order valence-electron chi connectivity index (χ0n) is 9.10. The molecular formula is C11H16O4. The summed E-state index contributed by atoms with van der Waals surface area (Å²) in [4.78, 5) is 0. The van der Waals surface area contributed by atoms with Gasteiger partial charge < -0.3 is 19.7 Å². The van der Waals surface area contributed by atoms with Gasteiger partial charge >= 0.3 is 0 Å². The third kappa shape index (κ3) is 2.61. The lowest BCUT2D eigenvalue weighted by atomic mass is 10.0. The first-order valence-electron chi connectivity index (χ1n) is 4.68. The first-order chi connectivity index (χ1) is 7.10. The number of rotatable bonds is 4. The van der Waals surface area contributed by atoms with Crippen molar-refractivity contribution in [3.05, 3.63) is 23.8 Å². The second-order valence-electron chi connectivity index (χ2n) is 3.29. The topological polar surface area (TPSA) is 58.9 Å². The molecule has 0 amide bonds. The van der Waals surface area contributed by atoms with Crippen molar-refractivity contribution < 1.29 is 19.7 Å². The molecule has 0 aliphatic heterocycles. The van der Waals surface area contributed by atoms with Crippen LogP contribution in [0.25, 0.3) is 0 Å². The van der Waals surface area contributed by atoms with Gasteiger partial charge in [0.15, 0.2) is 0 Å². The van der Waals surface area contributed by atoms with E-state index in [-0.39, 0.29) is 0 Å². The highest BCUT2D eigenvalue weighted by Gasteiger charge is 2.18. The Morgan fingerprint density at radius 3 is 2.27 bits per heavy atom. The summed E-state index contributed by atoms with van der Waals surface area (Å²) < 4.78 is 10.1. The largest absolute Gasteiger partial charge is 0.497 e. The molecule has 0 radical (unpaired) electrons. The maximum atomic E-state index is 9.74. The van der Waals surface area contributed by atoms with Crippen molar-refractivity contribution >= 4 is 0 Å². The molecule has 4 nitrogen and oxygen atoms in total. The summed E-state index contributed by atoms with van der Waals surface area (Å²) in [6, 6.07) is 5.08. The Morgan fingerprint density at radius 1 is 1.13 bits per heavy atom. The Bertz CT molecular complexity index is 322. The van der Waals surface area contributed by atoms with Gasteiger partial charge in [-0.25, -0.2) is 0 Å². The quantitative estimate of drug-likeness (QED) is 0.785. The molecular weight excluding hydrogens is 196 g/mol. The van der Waals surface area contributed by atoms with Gasteiger partial charge in [0.2, 0.25) is 0 Å². The molecule has 84 valence electrons. The van der Waals surface area contributed by atoms with Crippen LogP contribution in [-0.2, 0) is 0 Å². The Hall–Kier alpha value is -1.26. The summed E-state index contributed by atoms with van der Waals surface area (Å²) in [6.07, 6.45) is -1.83. The Balaban J connectivity index is 3.11. The molecule has 1 rings (SSSR count). The lowest BCUT2D eigenvalue weighted by Crippen LogP contribution is -2.14. The van der Waals surface area contributed by atoms with Gasteiger partial charge in [0, 0.05) is 5.56 Å². The van der Waals surface area contributed by atoms with Gasteiger partial charge in [-0.15, -0.1) is 0 Å². The van der Waals surface area contributed by atoms with Gasteiger partial charge in [-0.2, -0.15) is 0 Å². The molecule has 1 aromatic rings. The number of aliphatic hydroxyl groups excluding tert-OH is 2. The van der Waals surface area contributed by atoms with Crippen molar-refractivity contribution in [1.29, 1.82) is 0 Å². The van der Waals surface area contributed by atoms with E-state index in [1.807, 2.05) is 0 Å². The first-order valence-corrected chi connectivity index (χ1v) is 4.68. The third-order valence-corrected chi connectivity index (χ3v) is 2.21. The second-order valence-corrected chi connectivity index (χ2v) is 3.29. The number of benzene rings is 1. The van der Waals surface area contributed by atoms with Crippen LogP contribution < -0.4 is 9.47 Å². The molecule has 15 heavy (non-hydrogen) atoms. The van der Waals surface area contributed by atoms with Crippen LogP contribution in [0.4, 0.5) is 0 Å². The molecule has 0 aliphatic rings. The molecule has 0 aromatic heterocycles. The van der Waals surface area contributed by atoms with E-state index in [1.54, 1.807) is 25.3 Å². The van der Waals surface area contributed by atoms with Crippen molar-refractivity contribution in [3.8, 4) is 11.5 Å². The predicted octanol–water partition coefficient (Wildman–Crippen LogP) is 1.12. The standard InChI is InChI=1S/C11H16O4/c1-7(12)11(13)9-6-8(14-2)4-5-10(9)15-3/h4-7,11-13H,1-3H3/t7-,11+/m1/s1. The predicted molar refractivity (Wildman–Crippen MR) is 56.2 cm³/mol. The highest BCUT2D eigenvalue weighted by atomic mass is 16.5.